The minimum Gasteiger partial charge on any atom is -0.477 e. The smallest absolute Gasteiger partial charge is 0.265 e. The fourth-order valence-corrected chi connectivity index (χ4v) is 2.12. The average molecular weight is 232 g/mol. The van der Waals surface area contributed by atoms with Crippen LogP contribution in [0.1, 0.15) is 12.8 Å². The highest BCUT2D eigenvalue weighted by atomic mass is 16.5. The number of nitrogens with zero attached hydrogens (tertiary/aromatic N) is 1. The van der Waals surface area contributed by atoms with E-state index in [0.29, 0.717) is 12.6 Å². The van der Waals surface area contributed by atoms with Gasteiger partial charge in [-0.05, 0) is 25.0 Å². The van der Waals surface area contributed by atoms with Crippen LogP contribution in [0.3, 0.4) is 0 Å². The van der Waals surface area contributed by atoms with Crippen molar-refractivity contribution in [3.8, 4) is 5.75 Å². The summed E-state index contributed by atoms with van der Waals surface area (Å²) < 4.78 is 5.74. The summed E-state index contributed by atoms with van der Waals surface area (Å²) in [6.45, 7) is 0.549. The molecular weight excluding hydrogens is 216 g/mol. The molecule has 17 heavy (non-hydrogen) atoms. The number of rotatable bonds is 2. The fraction of sp³-hybridized carbons (Fsp3) is 0.462. The first-order valence-corrected chi connectivity index (χ1v) is 6.02. The zero-order chi connectivity index (χ0) is 11.8. The second-order valence-electron chi connectivity index (χ2n) is 4.66. The summed E-state index contributed by atoms with van der Waals surface area (Å²) in [7, 11) is 1.86. The van der Waals surface area contributed by atoms with E-state index < -0.39 is 6.10 Å². The predicted molar refractivity (Wildman–Crippen MR) is 65.1 cm³/mol. The summed E-state index contributed by atoms with van der Waals surface area (Å²) in [5.74, 6) is 0.843. The Kier molecular flexibility index (Phi) is 2.42. The van der Waals surface area contributed by atoms with E-state index in [1.54, 1.807) is 0 Å². The molecule has 1 saturated carbocycles. The summed E-state index contributed by atoms with van der Waals surface area (Å²) in [5, 5.41) is 3.24. The van der Waals surface area contributed by atoms with Crippen molar-refractivity contribution in [1.82, 2.24) is 4.90 Å². The van der Waals surface area contributed by atoms with E-state index in [1.807, 2.05) is 36.2 Å². The van der Waals surface area contributed by atoms with E-state index in [9.17, 15) is 4.79 Å². The highest BCUT2D eigenvalue weighted by Gasteiger charge is 2.35. The van der Waals surface area contributed by atoms with Crippen LogP contribution in [0, 0.1) is 0 Å². The molecule has 90 valence electrons. The third-order valence-corrected chi connectivity index (χ3v) is 3.35. The number of para-hydroxylation sites is 2. The number of benzene rings is 1. The van der Waals surface area contributed by atoms with E-state index in [1.165, 1.54) is 0 Å². The van der Waals surface area contributed by atoms with Gasteiger partial charge in [-0.3, -0.25) is 4.79 Å². The van der Waals surface area contributed by atoms with Gasteiger partial charge in [-0.25, -0.2) is 0 Å². The Bertz CT molecular complexity index is 443. The standard InChI is InChI=1S/C13H16N2O2/c1-15(9-6-7-9)13(16)12-8-14-10-4-2-3-5-11(10)17-12/h2-5,9,12,14H,6-8H2,1H3. The van der Waals surface area contributed by atoms with Crippen LogP contribution in [0.2, 0.25) is 0 Å². The monoisotopic (exact) mass is 232 g/mol. The molecule has 0 radical (unpaired) electrons. The maximum absolute atomic E-state index is 12.2. The molecule has 1 amide bonds. The van der Waals surface area contributed by atoms with Gasteiger partial charge in [0, 0.05) is 13.1 Å². The van der Waals surface area contributed by atoms with Crippen molar-refractivity contribution in [2.45, 2.75) is 25.0 Å². The molecule has 0 spiro atoms. The van der Waals surface area contributed by atoms with Crippen molar-refractivity contribution < 1.29 is 9.53 Å². The van der Waals surface area contributed by atoms with Gasteiger partial charge in [-0.1, -0.05) is 12.1 Å². The third-order valence-electron chi connectivity index (χ3n) is 3.35. The Balaban J connectivity index is 1.73. The van der Waals surface area contributed by atoms with Gasteiger partial charge in [0.2, 0.25) is 0 Å². The van der Waals surface area contributed by atoms with E-state index in [0.717, 1.165) is 24.3 Å². The average Bonchev–Trinajstić information content (AvgIpc) is 3.21. The molecule has 1 fully saturated rings. The Labute approximate surface area is 101 Å². The minimum absolute atomic E-state index is 0.0782. The van der Waals surface area contributed by atoms with E-state index in [4.69, 9.17) is 4.74 Å². The SMILES string of the molecule is CN(C(=O)C1CNc2ccccc2O1)C1CC1. The molecular formula is C13H16N2O2. The molecule has 1 aliphatic heterocycles. The van der Waals surface area contributed by atoms with Crippen LogP contribution >= 0.6 is 0 Å². The predicted octanol–water partition coefficient (Wildman–Crippen LogP) is 1.48. The molecule has 4 heteroatoms. The molecule has 0 bridgehead atoms. The van der Waals surface area contributed by atoms with Crippen molar-refractivity contribution in [2.24, 2.45) is 0 Å². The quantitative estimate of drug-likeness (QED) is 0.839. The maximum Gasteiger partial charge on any atom is 0.265 e. The summed E-state index contributed by atoms with van der Waals surface area (Å²) in [4.78, 5) is 14.0. The first-order chi connectivity index (χ1) is 8.25. The molecule has 1 aliphatic carbocycles. The number of fused-ring (bicyclic) bond motifs is 1. The molecule has 0 saturated heterocycles. The Morgan fingerprint density at radius 2 is 2.18 bits per heavy atom. The molecule has 1 unspecified atom stereocenters. The molecule has 1 N–H and O–H groups in total. The van der Waals surface area contributed by atoms with Crippen molar-refractivity contribution >= 4 is 11.6 Å². The summed E-state index contributed by atoms with van der Waals surface area (Å²) >= 11 is 0. The van der Waals surface area contributed by atoms with E-state index in [2.05, 4.69) is 5.32 Å². The molecule has 3 rings (SSSR count). The Morgan fingerprint density at radius 3 is 2.94 bits per heavy atom. The lowest BCUT2D eigenvalue weighted by molar-refractivity contribution is -0.137. The molecule has 4 nitrogen and oxygen atoms in total. The number of nitrogens with one attached hydrogen (secondary N) is 1. The van der Waals surface area contributed by atoms with Gasteiger partial charge in [0.05, 0.1) is 12.2 Å². The summed E-state index contributed by atoms with van der Waals surface area (Å²) in [5.41, 5.74) is 0.964. The maximum atomic E-state index is 12.2. The third kappa shape index (κ3) is 1.95. The van der Waals surface area contributed by atoms with Crippen LogP contribution < -0.4 is 10.1 Å². The van der Waals surface area contributed by atoms with Gasteiger partial charge in [-0.15, -0.1) is 0 Å². The summed E-state index contributed by atoms with van der Waals surface area (Å²) in [6.07, 6.45) is 1.85. The fourth-order valence-electron chi connectivity index (χ4n) is 2.12. The zero-order valence-electron chi connectivity index (χ0n) is 9.85. The number of ether oxygens (including phenoxy) is 1. The van der Waals surface area contributed by atoms with Crippen molar-refractivity contribution in [3.63, 3.8) is 0 Å². The Hall–Kier alpha value is -1.71. The number of anilines is 1. The van der Waals surface area contributed by atoms with Gasteiger partial charge in [0.25, 0.3) is 5.91 Å². The molecule has 1 atom stereocenters. The van der Waals surface area contributed by atoms with Gasteiger partial charge >= 0.3 is 0 Å². The second kappa shape index (κ2) is 3.95. The van der Waals surface area contributed by atoms with Gasteiger partial charge in [-0.2, -0.15) is 0 Å². The lowest BCUT2D eigenvalue weighted by Gasteiger charge is -2.29. The van der Waals surface area contributed by atoms with Crippen LogP contribution in [0.15, 0.2) is 24.3 Å². The van der Waals surface area contributed by atoms with Crippen LogP contribution in [-0.2, 0) is 4.79 Å². The number of carbonyl (C=O) groups is 1. The van der Waals surface area contributed by atoms with Crippen molar-refractivity contribution in [2.75, 3.05) is 18.9 Å². The van der Waals surface area contributed by atoms with Crippen LogP contribution in [0.25, 0.3) is 0 Å². The van der Waals surface area contributed by atoms with Crippen LogP contribution in [0.4, 0.5) is 5.69 Å². The second-order valence-corrected chi connectivity index (χ2v) is 4.66. The largest absolute Gasteiger partial charge is 0.477 e. The molecule has 1 aromatic carbocycles. The van der Waals surface area contributed by atoms with E-state index in [-0.39, 0.29) is 5.91 Å². The van der Waals surface area contributed by atoms with Gasteiger partial charge in [0.1, 0.15) is 5.75 Å². The number of amides is 1. The number of hydrogen-bond donors (Lipinski definition) is 1. The van der Waals surface area contributed by atoms with Crippen LogP contribution in [0.5, 0.6) is 5.75 Å². The van der Waals surface area contributed by atoms with Gasteiger partial charge < -0.3 is 15.0 Å². The van der Waals surface area contributed by atoms with E-state index >= 15 is 0 Å². The van der Waals surface area contributed by atoms with Crippen molar-refractivity contribution in [1.29, 1.82) is 0 Å². The number of hydrogen-bond acceptors (Lipinski definition) is 3. The molecule has 0 aromatic heterocycles. The lowest BCUT2D eigenvalue weighted by atomic mass is 10.2. The topological polar surface area (TPSA) is 41.6 Å². The zero-order valence-corrected chi connectivity index (χ0v) is 9.85. The highest BCUT2D eigenvalue weighted by Crippen LogP contribution is 2.30. The molecule has 1 aromatic rings. The van der Waals surface area contributed by atoms with Crippen molar-refractivity contribution in [3.05, 3.63) is 24.3 Å². The normalized spacial score (nSPS) is 22.1. The lowest BCUT2D eigenvalue weighted by Crippen LogP contribution is -2.46. The van der Waals surface area contributed by atoms with Crippen LogP contribution in [-0.4, -0.2) is 36.5 Å². The summed E-state index contributed by atoms with van der Waals surface area (Å²) in [6, 6.07) is 8.15. The first kappa shape index (κ1) is 10.4. The highest BCUT2D eigenvalue weighted by molar-refractivity contribution is 5.83. The molecule has 1 heterocycles. The Morgan fingerprint density at radius 1 is 1.41 bits per heavy atom. The number of likely N-dealkylation sites (N-methyl/N-ethyl adjacent to an activating group) is 1. The number of carbonyl (C=O) groups excluding carboxylic acids is 1. The minimum atomic E-state index is -0.393. The molecule has 2 aliphatic rings. The first-order valence-electron chi connectivity index (χ1n) is 6.02. The van der Waals surface area contributed by atoms with Gasteiger partial charge in [0.15, 0.2) is 6.10 Å².